The number of phenolic OH excluding ortho intramolecular Hbond substituents is 1. The average Bonchev–Trinajstić information content (AvgIpc) is 3.41. The Hall–Kier alpha value is -3.26. The zero-order valence-electron chi connectivity index (χ0n) is 22.9. The molecule has 2 saturated heterocycles. The number of halogens is 2. The van der Waals surface area contributed by atoms with E-state index in [0.29, 0.717) is 29.1 Å². The lowest BCUT2D eigenvalue weighted by Gasteiger charge is -2.44. The lowest BCUT2D eigenvalue weighted by atomic mass is 9.57. The Kier molecular flexibility index (Phi) is 7.11. The molecule has 1 N–H and O–H groups in total. The first-order chi connectivity index (χ1) is 20.7. The number of fused-ring (bicyclic) bond motifs is 4. The van der Waals surface area contributed by atoms with Crippen LogP contribution in [-0.2, 0) is 19.2 Å². The molecule has 3 aromatic carbocycles. The highest BCUT2D eigenvalue weighted by Gasteiger charge is 2.62. The molecule has 7 rings (SSSR count). The maximum Gasteiger partial charge on any atom is 0.238 e. The molecule has 6 unspecified atom stereocenters. The van der Waals surface area contributed by atoms with Crippen LogP contribution in [0.3, 0.4) is 0 Å². The van der Waals surface area contributed by atoms with Crippen LogP contribution < -0.4 is 14.5 Å². The summed E-state index contributed by atoms with van der Waals surface area (Å²) in [4.78, 5) is 58.6. The number of nitrogens with zero attached hydrogens (tertiary/aromatic N) is 2. The van der Waals surface area contributed by atoms with E-state index < -0.39 is 35.5 Å². The summed E-state index contributed by atoms with van der Waals surface area (Å²) in [6.07, 6.45) is 2.58. The third kappa shape index (κ3) is 4.42. The van der Waals surface area contributed by atoms with Crippen molar-refractivity contribution in [3.63, 3.8) is 0 Å². The fraction of sp³-hybridized carbons (Fsp3) is 0.273. The molecule has 2 aliphatic carbocycles. The highest BCUT2D eigenvalue weighted by atomic mass is 127. The number of phenols is 1. The molecule has 0 bridgehead atoms. The van der Waals surface area contributed by atoms with Gasteiger partial charge in [-0.15, -0.1) is 0 Å². The van der Waals surface area contributed by atoms with E-state index in [1.54, 1.807) is 36.4 Å². The molecule has 6 atom stereocenters. The van der Waals surface area contributed by atoms with E-state index >= 15 is 0 Å². The van der Waals surface area contributed by atoms with Crippen molar-refractivity contribution < 1.29 is 29.0 Å². The van der Waals surface area contributed by atoms with Crippen molar-refractivity contribution in [2.45, 2.75) is 18.8 Å². The molecule has 10 heteroatoms. The minimum atomic E-state index is -0.775. The van der Waals surface area contributed by atoms with Crippen LogP contribution in [0.2, 0.25) is 0 Å². The van der Waals surface area contributed by atoms with E-state index in [0.717, 1.165) is 12.7 Å². The van der Waals surface area contributed by atoms with Crippen molar-refractivity contribution >= 4 is 80.2 Å². The number of anilines is 2. The molecular formula is C33H26I2N2O6. The van der Waals surface area contributed by atoms with E-state index in [2.05, 4.69) is 45.2 Å². The Morgan fingerprint density at radius 1 is 0.721 bits per heavy atom. The van der Waals surface area contributed by atoms with E-state index in [1.165, 1.54) is 23.0 Å². The summed E-state index contributed by atoms with van der Waals surface area (Å²) in [6, 6.07) is 19.3. The summed E-state index contributed by atoms with van der Waals surface area (Å²) in [7, 11) is 1.53. The smallest absolute Gasteiger partial charge is 0.238 e. The van der Waals surface area contributed by atoms with Crippen molar-refractivity contribution in [1.29, 1.82) is 0 Å². The van der Waals surface area contributed by atoms with Gasteiger partial charge in [-0.3, -0.25) is 29.0 Å². The molecular weight excluding hydrogens is 774 g/mol. The van der Waals surface area contributed by atoms with Crippen molar-refractivity contribution in [1.82, 2.24) is 0 Å². The largest absolute Gasteiger partial charge is 0.508 e. The van der Waals surface area contributed by atoms with E-state index in [9.17, 15) is 24.3 Å². The standard InChI is InChI=1S/C33H26I2N2O6/c1-43-20-10-13-26(38)24(14-20)27-21-11-12-22-28(32(41)36(30(22)39)18-6-2-16(34)3-7-18)23(21)15-25-29(27)33(42)37(31(25)40)19-8-4-17(35)5-9-19/h2-11,13-14,22-23,25,27-29,38H,12,15H2,1H3. The molecule has 3 aromatic rings. The van der Waals surface area contributed by atoms with Crippen LogP contribution in [0.4, 0.5) is 11.4 Å². The van der Waals surface area contributed by atoms with E-state index in [-0.39, 0.29) is 35.8 Å². The number of carbonyl (C=O) groups is 4. The maximum absolute atomic E-state index is 14.2. The SMILES string of the molecule is COc1ccc(O)c(C2C3=CCC4C(=O)N(c5ccc(I)cc5)C(=O)C4C3CC3C(=O)N(c4ccc(I)cc4)C(=O)C32)c1. The number of hydrogen-bond donors (Lipinski definition) is 1. The fourth-order valence-electron chi connectivity index (χ4n) is 7.53. The van der Waals surface area contributed by atoms with Gasteiger partial charge < -0.3 is 9.84 Å². The molecule has 218 valence electrons. The maximum atomic E-state index is 14.2. The first kappa shape index (κ1) is 28.5. The summed E-state index contributed by atoms with van der Waals surface area (Å²) in [5.74, 6) is -4.55. The third-order valence-corrected chi connectivity index (χ3v) is 10.8. The molecule has 0 spiro atoms. The van der Waals surface area contributed by atoms with Crippen molar-refractivity contribution in [3.05, 3.63) is 91.1 Å². The van der Waals surface area contributed by atoms with Gasteiger partial charge in [0.1, 0.15) is 11.5 Å². The van der Waals surface area contributed by atoms with Gasteiger partial charge in [-0.1, -0.05) is 11.6 Å². The molecule has 43 heavy (non-hydrogen) atoms. The highest BCUT2D eigenvalue weighted by Crippen LogP contribution is 2.59. The third-order valence-electron chi connectivity index (χ3n) is 9.39. The summed E-state index contributed by atoms with van der Waals surface area (Å²) in [6.45, 7) is 0. The van der Waals surface area contributed by atoms with Gasteiger partial charge in [0.15, 0.2) is 0 Å². The molecule has 4 aliphatic rings. The van der Waals surface area contributed by atoms with Gasteiger partial charge in [0.2, 0.25) is 23.6 Å². The zero-order chi connectivity index (χ0) is 30.2. The first-order valence-electron chi connectivity index (χ1n) is 14.0. The average molecular weight is 800 g/mol. The van der Waals surface area contributed by atoms with Gasteiger partial charge in [-0.25, -0.2) is 0 Å². The lowest BCUT2D eigenvalue weighted by molar-refractivity contribution is -0.126. The number of ether oxygens (including phenoxy) is 1. The molecule has 1 saturated carbocycles. The summed E-state index contributed by atoms with van der Waals surface area (Å²) in [5, 5.41) is 11.1. The quantitative estimate of drug-likeness (QED) is 0.208. The van der Waals surface area contributed by atoms with Crippen molar-refractivity contribution in [3.8, 4) is 11.5 Å². The van der Waals surface area contributed by atoms with Gasteiger partial charge >= 0.3 is 0 Å². The van der Waals surface area contributed by atoms with Gasteiger partial charge in [-0.05, 0) is 131 Å². The van der Waals surface area contributed by atoms with Crippen molar-refractivity contribution in [2.75, 3.05) is 16.9 Å². The number of rotatable bonds is 4. The number of benzene rings is 3. The Morgan fingerprint density at radius 3 is 1.86 bits per heavy atom. The van der Waals surface area contributed by atoms with Crippen LogP contribution in [-0.4, -0.2) is 35.8 Å². The molecule has 2 heterocycles. The second-order valence-corrected chi connectivity index (χ2v) is 13.9. The van der Waals surface area contributed by atoms with Gasteiger partial charge in [0.05, 0.1) is 42.2 Å². The topological polar surface area (TPSA) is 104 Å². The van der Waals surface area contributed by atoms with Crippen LogP contribution in [0.25, 0.3) is 0 Å². The van der Waals surface area contributed by atoms with E-state index in [1.807, 2.05) is 30.3 Å². The number of carbonyl (C=O) groups excluding carboxylic acids is 4. The number of imide groups is 2. The Balaban J connectivity index is 1.35. The zero-order valence-corrected chi connectivity index (χ0v) is 27.3. The number of hydrogen-bond acceptors (Lipinski definition) is 6. The molecule has 3 fully saturated rings. The van der Waals surface area contributed by atoms with E-state index in [4.69, 9.17) is 4.74 Å². The minimum absolute atomic E-state index is 0.0180. The minimum Gasteiger partial charge on any atom is -0.508 e. The molecule has 2 aliphatic heterocycles. The Bertz CT molecular complexity index is 1720. The summed E-state index contributed by atoms with van der Waals surface area (Å²) < 4.78 is 7.43. The number of methoxy groups -OCH3 is 1. The van der Waals surface area contributed by atoms with Gasteiger partial charge in [-0.2, -0.15) is 0 Å². The molecule has 4 amide bonds. The van der Waals surface area contributed by atoms with Crippen molar-refractivity contribution in [2.24, 2.45) is 29.6 Å². The monoisotopic (exact) mass is 800 g/mol. The normalized spacial score (nSPS) is 28.0. The van der Waals surface area contributed by atoms with Crippen LogP contribution in [0.15, 0.2) is 78.4 Å². The summed E-state index contributed by atoms with van der Waals surface area (Å²) in [5.41, 5.74) is 2.31. The number of aromatic hydroxyl groups is 1. The predicted octanol–water partition coefficient (Wildman–Crippen LogP) is 5.66. The molecule has 8 nitrogen and oxygen atoms in total. The highest BCUT2D eigenvalue weighted by molar-refractivity contribution is 14.1. The van der Waals surface area contributed by atoms with Crippen LogP contribution >= 0.6 is 45.2 Å². The fourth-order valence-corrected chi connectivity index (χ4v) is 8.25. The number of allylic oxidation sites excluding steroid dienone is 2. The Morgan fingerprint density at radius 2 is 1.28 bits per heavy atom. The Labute approximate surface area is 275 Å². The van der Waals surface area contributed by atoms with Crippen LogP contribution in [0, 0.1) is 36.7 Å². The first-order valence-corrected chi connectivity index (χ1v) is 16.2. The summed E-state index contributed by atoms with van der Waals surface area (Å²) >= 11 is 4.35. The van der Waals surface area contributed by atoms with Gasteiger partial charge in [0.25, 0.3) is 0 Å². The molecule has 0 aromatic heterocycles. The second kappa shape index (κ2) is 10.7. The van der Waals surface area contributed by atoms with Crippen LogP contribution in [0.5, 0.6) is 11.5 Å². The predicted molar refractivity (Wildman–Crippen MR) is 175 cm³/mol. The van der Waals surface area contributed by atoms with Gasteiger partial charge in [0, 0.05) is 18.6 Å². The lowest BCUT2D eigenvalue weighted by Crippen LogP contribution is -2.43. The van der Waals surface area contributed by atoms with Crippen LogP contribution in [0.1, 0.15) is 24.3 Å². The second-order valence-electron chi connectivity index (χ2n) is 11.4. The number of amides is 4. The molecule has 0 radical (unpaired) electrons.